The molecular formula is C7H17NO2. The minimum Gasteiger partial charge on any atom is -0.367 e. The molecule has 0 aromatic rings. The Labute approximate surface area is 62.2 Å². The van der Waals surface area contributed by atoms with Gasteiger partial charge in [0.1, 0.15) is 0 Å². The van der Waals surface area contributed by atoms with Crippen molar-refractivity contribution in [2.24, 2.45) is 5.73 Å². The summed E-state index contributed by atoms with van der Waals surface area (Å²) in [4.78, 5) is 0. The number of nitrogens with two attached hydrogens (primary N) is 1. The van der Waals surface area contributed by atoms with Gasteiger partial charge < -0.3 is 15.6 Å². The first-order chi connectivity index (χ1) is 4.33. The Bertz CT molecular complexity index is 96.3. The third kappa shape index (κ3) is 4.73. The van der Waals surface area contributed by atoms with Gasteiger partial charge >= 0.3 is 0 Å². The van der Waals surface area contributed by atoms with E-state index in [-0.39, 0.29) is 11.6 Å². The molecule has 0 saturated heterocycles. The average Bonchev–Trinajstić information content (AvgIpc) is 1.60. The van der Waals surface area contributed by atoms with Crippen LogP contribution in [0.3, 0.4) is 0 Å². The molecule has 0 aromatic heterocycles. The molecule has 0 aliphatic rings. The quantitative estimate of drug-likeness (QED) is 0.558. The molecular weight excluding hydrogens is 130 g/mol. The summed E-state index contributed by atoms with van der Waals surface area (Å²) in [5.41, 5.74) is 5.04. The standard InChI is InChI=1S/C7H17NO2/c1-5(8)6(9)10-7(2,3)4/h5-6,9H,8H2,1-4H3. The second-order valence-corrected chi connectivity index (χ2v) is 3.48. The summed E-state index contributed by atoms with van der Waals surface area (Å²) < 4.78 is 5.13. The molecule has 0 radical (unpaired) electrons. The summed E-state index contributed by atoms with van der Waals surface area (Å²) in [5.74, 6) is 0. The van der Waals surface area contributed by atoms with Crippen molar-refractivity contribution in [2.45, 2.75) is 45.6 Å². The van der Waals surface area contributed by atoms with E-state index in [0.29, 0.717) is 0 Å². The van der Waals surface area contributed by atoms with Gasteiger partial charge in [-0.1, -0.05) is 0 Å². The van der Waals surface area contributed by atoms with E-state index in [1.165, 1.54) is 0 Å². The highest BCUT2D eigenvalue weighted by Gasteiger charge is 2.18. The molecule has 0 rings (SSSR count). The van der Waals surface area contributed by atoms with Crippen molar-refractivity contribution in [3.63, 3.8) is 0 Å². The van der Waals surface area contributed by atoms with Gasteiger partial charge in [-0.25, -0.2) is 0 Å². The summed E-state index contributed by atoms with van der Waals surface area (Å²) >= 11 is 0. The highest BCUT2D eigenvalue weighted by molar-refractivity contribution is 4.64. The Morgan fingerprint density at radius 1 is 1.40 bits per heavy atom. The Balaban J connectivity index is 3.68. The van der Waals surface area contributed by atoms with Crippen molar-refractivity contribution < 1.29 is 9.84 Å². The predicted molar refractivity (Wildman–Crippen MR) is 40.5 cm³/mol. The zero-order valence-electron chi connectivity index (χ0n) is 7.09. The lowest BCUT2D eigenvalue weighted by molar-refractivity contribution is -0.173. The molecule has 62 valence electrons. The molecule has 2 unspecified atom stereocenters. The van der Waals surface area contributed by atoms with Gasteiger partial charge in [0.15, 0.2) is 6.29 Å². The first-order valence-corrected chi connectivity index (χ1v) is 3.44. The number of ether oxygens (including phenoxy) is 1. The Hall–Kier alpha value is -0.120. The maximum Gasteiger partial charge on any atom is 0.170 e. The van der Waals surface area contributed by atoms with Crippen LogP contribution in [0.25, 0.3) is 0 Å². The first kappa shape index (κ1) is 9.88. The summed E-state index contributed by atoms with van der Waals surface area (Å²) in [6.45, 7) is 7.33. The molecule has 0 bridgehead atoms. The van der Waals surface area contributed by atoms with Crippen molar-refractivity contribution in [3.05, 3.63) is 0 Å². The Morgan fingerprint density at radius 3 is 1.90 bits per heavy atom. The third-order valence-corrected chi connectivity index (χ3v) is 0.924. The van der Waals surface area contributed by atoms with Crippen molar-refractivity contribution in [1.29, 1.82) is 0 Å². The van der Waals surface area contributed by atoms with Gasteiger partial charge in [0.25, 0.3) is 0 Å². The van der Waals surface area contributed by atoms with E-state index in [1.54, 1.807) is 6.92 Å². The van der Waals surface area contributed by atoms with E-state index in [1.807, 2.05) is 20.8 Å². The van der Waals surface area contributed by atoms with Crippen LogP contribution in [0.1, 0.15) is 27.7 Å². The smallest absolute Gasteiger partial charge is 0.170 e. The normalized spacial score (nSPS) is 18.6. The van der Waals surface area contributed by atoms with E-state index in [9.17, 15) is 0 Å². The van der Waals surface area contributed by atoms with E-state index in [0.717, 1.165) is 0 Å². The van der Waals surface area contributed by atoms with Gasteiger partial charge in [-0.3, -0.25) is 0 Å². The van der Waals surface area contributed by atoms with Crippen LogP contribution >= 0.6 is 0 Å². The van der Waals surface area contributed by atoms with Gasteiger partial charge in [-0.2, -0.15) is 0 Å². The van der Waals surface area contributed by atoms with Gasteiger partial charge in [0.05, 0.1) is 11.6 Å². The first-order valence-electron chi connectivity index (χ1n) is 3.44. The lowest BCUT2D eigenvalue weighted by Gasteiger charge is -2.25. The fraction of sp³-hybridized carbons (Fsp3) is 1.00. The van der Waals surface area contributed by atoms with Crippen LogP contribution in [-0.4, -0.2) is 23.0 Å². The molecule has 0 aliphatic carbocycles. The SMILES string of the molecule is CC(N)C(O)OC(C)(C)C. The van der Waals surface area contributed by atoms with E-state index in [4.69, 9.17) is 15.6 Å². The summed E-state index contributed by atoms with van der Waals surface area (Å²) in [6, 6.07) is -0.334. The zero-order valence-corrected chi connectivity index (χ0v) is 7.09. The zero-order chi connectivity index (χ0) is 8.36. The number of aliphatic hydroxyl groups is 1. The molecule has 0 aromatic carbocycles. The van der Waals surface area contributed by atoms with Gasteiger partial charge in [-0.05, 0) is 27.7 Å². The molecule has 0 amide bonds. The number of hydrogen-bond acceptors (Lipinski definition) is 3. The van der Waals surface area contributed by atoms with Crippen LogP contribution in [0.2, 0.25) is 0 Å². The molecule has 0 aliphatic heterocycles. The molecule has 0 saturated carbocycles. The van der Waals surface area contributed by atoms with Crippen LogP contribution in [0.5, 0.6) is 0 Å². The highest BCUT2D eigenvalue weighted by atomic mass is 16.6. The molecule has 10 heavy (non-hydrogen) atoms. The lowest BCUT2D eigenvalue weighted by Crippen LogP contribution is -2.39. The number of rotatable bonds is 2. The molecule has 3 heteroatoms. The van der Waals surface area contributed by atoms with Crippen LogP contribution in [0.4, 0.5) is 0 Å². The minimum absolute atomic E-state index is 0.326. The fourth-order valence-corrected chi connectivity index (χ4v) is 0.470. The number of hydrogen-bond donors (Lipinski definition) is 2. The Morgan fingerprint density at radius 2 is 1.80 bits per heavy atom. The second kappa shape index (κ2) is 3.32. The topological polar surface area (TPSA) is 55.5 Å². The van der Waals surface area contributed by atoms with Gasteiger partial charge in [0, 0.05) is 0 Å². The molecule has 0 spiro atoms. The summed E-state index contributed by atoms with van der Waals surface area (Å²) in [6.07, 6.45) is -0.861. The summed E-state index contributed by atoms with van der Waals surface area (Å²) in [7, 11) is 0. The maximum absolute atomic E-state index is 9.11. The monoisotopic (exact) mass is 147 g/mol. The number of aliphatic hydroxyl groups excluding tert-OH is 1. The van der Waals surface area contributed by atoms with E-state index in [2.05, 4.69) is 0 Å². The fourth-order valence-electron chi connectivity index (χ4n) is 0.470. The van der Waals surface area contributed by atoms with Gasteiger partial charge in [0.2, 0.25) is 0 Å². The second-order valence-electron chi connectivity index (χ2n) is 3.48. The largest absolute Gasteiger partial charge is 0.367 e. The maximum atomic E-state index is 9.11. The summed E-state index contributed by atoms with van der Waals surface area (Å²) in [5, 5.41) is 9.11. The average molecular weight is 147 g/mol. The van der Waals surface area contributed by atoms with E-state index >= 15 is 0 Å². The Kier molecular flexibility index (Phi) is 3.28. The van der Waals surface area contributed by atoms with Crippen LogP contribution < -0.4 is 5.73 Å². The van der Waals surface area contributed by atoms with Crippen molar-refractivity contribution in [2.75, 3.05) is 0 Å². The van der Waals surface area contributed by atoms with Crippen LogP contribution in [0, 0.1) is 0 Å². The molecule has 3 nitrogen and oxygen atoms in total. The van der Waals surface area contributed by atoms with Gasteiger partial charge in [-0.15, -0.1) is 0 Å². The van der Waals surface area contributed by atoms with Crippen LogP contribution in [0.15, 0.2) is 0 Å². The molecule has 0 heterocycles. The predicted octanol–water partition coefficient (Wildman–Crippen LogP) is 0.467. The minimum atomic E-state index is -0.861. The van der Waals surface area contributed by atoms with Crippen LogP contribution in [-0.2, 0) is 4.74 Å². The molecule has 3 N–H and O–H groups in total. The van der Waals surface area contributed by atoms with Crippen molar-refractivity contribution in [3.8, 4) is 0 Å². The molecule has 0 fully saturated rings. The van der Waals surface area contributed by atoms with Crippen molar-refractivity contribution in [1.82, 2.24) is 0 Å². The lowest BCUT2D eigenvalue weighted by atomic mass is 10.2. The highest BCUT2D eigenvalue weighted by Crippen LogP contribution is 2.10. The molecule has 2 atom stereocenters. The van der Waals surface area contributed by atoms with Crippen molar-refractivity contribution >= 4 is 0 Å². The van der Waals surface area contributed by atoms with E-state index < -0.39 is 6.29 Å². The third-order valence-electron chi connectivity index (χ3n) is 0.924.